The molecule has 0 spiro atoms. The van der Waals surface area contributed by atoms with E-state index in [1.807, 2.05) is 27.1 Å². The fourth-order valence-corrected chi connectivity index (χ4v) is 2.47. The van der Waals surface area contributed by atoms with Crippen LogP contribution in [-0.2, 0) is 13.6 Å². The number of aryl methyl sites for hydroxylation is 1. The van der Waals surface area contributed by atoms with Crippen molar-refractivity contribution in [2.45, 2.75) is 26.4 Å². The molecule has 25 heavy (non-hydrogen) atoms. The molecule has 0 unspecified atom stereocenters. The van der Waals surface area contributed by atoms with Gasteiger partial charge in [-0.15, -0.1) is 5.10 Å². The minimum atomic E-state index is -0.331. The summed E-state index contributed by atoms with van der Waals surface area (Å²) in [7, 11) is 1.83. The molecule has 0 fully saturated rings. The van der Waals surface area contributed by atoms with Gasteiger partial charge in [0.25, 0.3) is 5.91 Å². The lowest BCUT2D eigenvalue weighted by atomic mass is 10.2. The highest BCUT2D eigenvalue weighted by Crippen LogP contribution is 2.13. The lowest BCUT2D eigenvalue weighted by molar-refractivity contribution is 0.0684. The number of hydrogen-bond donors (Lipinski definition) is 0. The molecule has 2 aromatic heterocycles. The molecule has 0 N–H and O–H groups in total. The zero-order valence-electron chi connectivity index (χ0n) is 14.3. The molecule has 1 aromatic carbocycles. The van der Waals surface area contributed by atoms with Gasteiger partial charge in [-0.1, -0.05) is 5.21 Å². The molecule has 0 saturated carbocycles. The highest BCUT2D eigenvalue weighted by atomic mass is 19.1. The van der Waals surface area contributed by atoms with Gasteiger partial charge in [0.1, 0.15) is 5.82 Å². The molecule has 1 amide bonds. The third-order valence-electron chi connectivity index (χ3n) is 3.80. The van der Waals surface area contributed by atoms with Crippen molar-refractivity contribution in [1.29, 1.82) is 0 Å². The molecule has 0 aliphatic rings. The van der Waals surface area contributed by atoms with E-state index in [1.165, 1.54) is 16.8 Å². The molecule has 0 radical (unpaired) electrons. The monoisotopic (exact) mass is 342 g/mol. The summed E-state index contributed by atoms with van der Waals surface area (Å²) in [6.45, 7) is 4.32. The van der Waals surface area contributed by atoms with Gasteiger partial charge in [0.15, 0.2) is 5.69 Å². The Labute approximate surface area is 144 Å². The van der Waals surface area contributed by atoms with Gasteiger partial charge in [-0.2, -0.15) is 5.10 Å². The van der Waals surface area contributed by atoms with Crippen molar-refractivity contribution in [2.75, 3.05) is 0 Å². The van der Waals surface area contributed by atoms with Gasteiger partial charge < -0.3 is 4.90 Å². The van der Waals surface area contributed by atoms with E-state index in [2.05, 4.69) is 15.4 Å². The largest absolute Gasteiger partial charge is 0.330 e. The second-order valence-corrected chi connectivity index (χ2v) is 6.07. The van der Waals surface area contributed by atoms with Gasteiger partial charge in [0.05, 0.1) is 18.1 Å². The number of benzene rings is 1. The first kappa shape index (κ1) is 16.8. The van der Waals surface area contributed by atoms with Crippen molar-refractivity contribution in [3.63, 3.8) is 0 Å². The van der Waals surface area contributed by atoms with Crippen LogP contribution in [0, 0.1) is 5.82 Å². The molecule has 2 heterocycles. The Kier molecular flexibility index (Phi) is 4.60. The van der Waals surface area contributed by atoms with Crippen LogP contribution in [0.15, 0.2) is 42.9 Å². The van der Waals surface area contributed by atoms with E-state index in [0.717, 1.165) is 5.56 Å². The molecule has 0 aliphatic carbocycles. The Balaban J connectivity index is 1.81. The first-order chi connectivity index (χ1) is 11.9. The molecular weight excluding hydrogens is 323 g/mol. The van der Waals surface area contributed by atoms with Crippen LogP contribution in [0.25, 0.3) is 5.69 Å². The summed E-state index contributed by atoms with van der Waals surface area (Å²) >= 11 is 0. The second-order valence-electron chi connectivity index (χ2n) is 6.07. The average molecular weight is 342 g/mol. The zero-order valence-corrected chi connectivity index (χ0v) is 14.3. The summed E-state index contributed by atoms with van der Waals surface area (Å²) in [6, 6.07) is 5.81. The Hall–Kier alpha value is -3.03. The van der Waals surface area contributed by atoms with Crippen LogP contribution in [0.1, 0.15) is 29.9 Å². The number of aromatic nitrogens is 5. The summed E-state index contributed by atoms with van der Waals surface area (Å²) in [5, 5.41) is 12.1. The minimum Gasteiger partial charge on any atom is -0.330 e. The Bertz CT molecular complexity index is 867. The summed E-state index contributed by atoms with van der Waals surface area (Å²) in [4.78, 5) is 14.5. The quantitative estimate of drug-likeness (QED) is 0.713. The van der Waals surface area contributed by atoms with Crippen LogP contribution in [0.2, 0.25) is 0 Å². The number of amides is 1. The number of hydrogen-bond acceptors (Lipinski definition) is 4. The molecule has 0 atom stereocenters. The van der Waals surface area contributed by atoms with Crippen molar-refractivity contribution in [1.82, 2.24) is 29.7 Å². The van der Waals surface area contributed by atoms with Gasteiger partial charge in [-0.3, -0.25) is 9.48 Å². The van der Waals surface area contributed by atoms with Gasteiger partial charge >= 0.3 is 0 Å². The molecular formula is C17H19FN6O. The van der Waals surface area contributed by atoms with Gasteiger partial charge in [-0.25, -0.2) is 9.07 Å². The molecule has 7 nitrogen and oxygen atoms in total. The Morgan fingerprint density at radius 2 is 1.96 bits per heavy atom. The third-order valence-corrected chi connectivity index (χ3v) is 3.80. The predicted octanol–water partition coefficient (Wildman–Crippen LogP) is 2.19. The summed E-state index contributed by atoms with van der Waals surface area (Å²) in [5.74, 6) is -0.546. The summed E-state index contributed by atoms with van der Waals surface area (Å²) in [5.41, 5.74) is 1.81. The van der Waals surface area contributed by atoms with Crippen LogP contribution in [-0.4, -0.2) is 41.6 Å². The van der Waals surface area contributed by atoms with E-state index in [1.54, 1.807) is 34.1 Å². The van der Waals surface area contributed by atoms with E-state index in [4.69, 9.17) is 0 Å². The second kappa shape index (κ2) is 6.84. The van der Waals surface area contributed by atoms with Crippen LogP contribution >= 0.6 is 0 Å². The van der Waals surface area contributed by atoms with Gasteiger partial charge in [-0.05, 0) is 38.1 Å². The maximum absolute atomic E-state index is 13.0. The number of carbonyl (C=O) groups excluding carboxylic acids is 1. The number of halogens is 1. The van der Waals surface area contributed by atoms with Crippen LogP contribution in [0.4, 0.5) is 4.39 Å². The van der Waals surface area contributed by atoms with E-state index in [0.29, 0.717) is 12.2 Å². The third kappa shape index (κ3) is 3.73. The molecule has 0 saturated heterocycles. The smallest absolute Gasteiger partial charge is 0.276 e. The number of rotatable bonds is 5. The van der Waals surface area contributed by atoms with Crippen molar-refractivity contribution < 1.29 is 9.18 Å². The highest BCUT2D eigenvalue weighted by Gasteiger charge is 2.22. The molecule has 8 heteroatoms. The van der Waals surface area contributed by atoms with Crippen LogP contribution in [0.3, 0.4) is 0 Å². The highest BCUT2D eigenvalue weighted by molar-refractivity contribution is 5.92. The fraction of sp³-hybridized carbons (Fsp3) is 0.294. The first-order valence-electron chi connectivity index (χ1n) is 7.91. The summed E-state index contributed by atoms with van der Waals surface area (Å²) in [6.07, 6.45) is 5.16. The van der Waals surface area contributed by atoms with Gasteiger partial charge in [0.2, 0.25) is 0 Å². The molecule has 0 aliphatic heterocycles. The Morgan fingerprint density at radius 1 is 1.24 bits per heavy atom. The number of nitrogens with zero attached hydrogens (tertiary/aromatic N) is 6. The number of carbonyl (C=O) groups is 1. The maximum Gasteiger partial charge on any atom is 0.276 e. The molecule has 3 rings (SSSR count). The molecule has 0 bridgehead atoms. The van der Waals surface area contributed by atoms with Crippen molar-refractivity contribution >= 4 is 5.91 Å². The average Bonchev–Trinajstić information content (AvgIpc) is 3.22. The topological polar surface area (TPSA) is 68.8 Å². The van der Waals surface area contributed by atoms with Crippen molar-refractivity contribution in [3.8, 4) is 5.69 Å². The van der Waals surface area contributed by atoms with Crippen molar-refractivity contribution in [2.24, 2.45) is 7.05 Å². The predicted molar refractivity (Wildman–Crippen MR) is 89.5 cm³/mol. The minimum absolute atomic E-state index is 0.0105. The lowest BCUT2D eigenvalue weighted by Gasteiger charge is -2.25. The van der Waals surface area contributed by atoms with Crippen LogP contribution < -0.4 is 0 Å². The van der Waals surface area contributed by atoms with E-state index < -0.39 is 0 Å². The van der Waals surface area contributed by atoms with E-state index in [9.17, 15) is 9.18 Å². The maximum atomic E-state index is 13.0. The van der Waals surface area contributed by atoms with Crippen LogP contribution in [0.5, 0.6) is 0 Å². The zero-order chi connectivity index (χ0) is 18.0. The Morgan fingerprint density at radius 3 is 2.56 bits per heavy atom. The van der Waals surface area contributed by atoms with E-state index >= 15 is 0 Å². The first-order valence-corrected chi connectivity index (χ1v) is 7.91. The SMILES string of the molecule is CC(C)N(Cc1cnn(C)c1)C(=O)c1cn(-c2ccc(F)cc2)nn1. The fourth-order valence-electron chi connectivity index (χ4n) is 2.47. The summed E-state index contributed by atoms with van der Waals surface area (Å²) < 4.78 is 16.2. The lowest BCUT2D eigenvalue weighted by Crippen LogP contribution is -2.36. The normalized spacial score (nSPS) is 11.1. The molecule has 3 aromatic rings. The van der Waals surface area contributed by atoms with Gasteiger partial charge in [0, 0.05) is 31.4 Å². The standard InChI is InChI=1S/C17H19FN6O/c1-12(2)23(10-13-8-19-22(3)9-13)17(25)16-11-24(21-20-16)15-6-4-14(18)5-7-15/h4-9,11-12H,10H2,1-3H3. The molecule has 130 valence electrons. The van der Waals surface area contributed by atoms with E-state index in [-0.39, 0.29) is 23.5 Å². The van der Waals surface area contributed by atoms with Crippen molar-refractivity contribution in [3.05, 3.63) is 59.9 Å².